The van der Waals surface area contributed by atoms with Crippen LogP contribution < -0.4 is 10.1 Å². The van der Waals surface area contributed by atoms with Gasteiger partial charge in [-0.2, -0.15) is 0 Å². The Bertz CT molecular complexity index is 849. The molecule has 0 aliphatic heterocycles. The lowest BCUT2D eigenvalue weighted by molar-refractivity contribution is -0.385. The van der Waals surface area contributed by atoms with Gasteiger partial charge >= 0.3 is 6.09 Å². The average Bonchev–Trinajstić information content (AvgIpc) is 2.47. The van der Waals surface area contributed by atoms with E-state index in [1.165, 1.54) is 12.1 Å². The van der Waals surface area contributed by atoms with Crippen LogP contribution in [0.15, 0.2) is 30.5 Å². The fourth-order valence-electron chi connectivity index (χ4n) is 1.97. The number of anilines is 1. The zero-order chi connectivity index (χ0) is 19.5. The zero-order valence-electron chi connectivity index (χ0n) is 14.7. The lowest BCUT2D eigenvalue weighted by Gasteiger charge is -2.19. The summed E-state index contributed by atoms with van der Waals surface area (Å²) in [5.41, 5.74) is 0.139. The lowest BCUT2D eigenvalue weighted by Crippen LogP contribution is -2.27. The zero-order valence-corrected chi connectivity index (χ0v) is 15.5. The van der Waals surface area contributed by atoms with Gasteiger partial charge in [0.15, 0.2) is 0 Å². The van der Waals surface area contributed by atoms with Crippen LogP contribution in [0.5, 0.6) is 11.6 Å². The van der Waals surface area contributed by atoms with E-state index in [1.54, 1.807) is 39.8 Å². The Morgan fingerprint density at radius 1 is 1.31 bits per heavy atom. The number of nitrogens with one attached hydrogen (secondary N) is 1. The third-order valence-electron chi connectivity index (χ3n) is 3.05. The van der Waals surface area contributed by atoms with E-state index in [4.69, 9.17) is 21.1 Å². The Morgan fingerprint density at radius 3 is 2.54 bits per heavy atom. The molecule has 0 unspecified atom stereocenters. The first-order chi connectivity index (χ1) is 12.0. The molecule has 1 amide bonds. The lowest BCUT2D eigenvalue weighted by atomic mass is 10.2. The van der Waals surface area contributed by atoms with Crippen LogP contribution >= 0.6 is 11.6 Å². The molecule has 1 heterocycles. The van der Waals surface area contributed by atoms with Gasteiger partial charge in [-0.15, -0.1) is 0 Å². The molecule has 0 saturated heterocycles. The molecule has 0 radical (unpaired) electrons. The predicted octanol–water partition coefficient (Wildman–Crippen LogP) is 5.09. The summed E-state index contributed by atoms with van der Waals surface area (Å²) in [6.07, 6.45) is 0.520. The number of halogens is 1. The van der Waals surface area contributed by atoms with Gasteiger partial charge in [0, 0.05) is 17.3 Å². The maximum atomic E-state index is 11.8. The molecule has 0 fully saturated rings. The number of carbonyl (C=O) groups excluding carboxylic acids is 1. The third-order valence-corrected chi connectivity index (χ3v) is 3.34. The number of pyridine rings is 1. The van der Waals surface area contributed by atoms with Crippen molar-refractivity contribution in [1.82, 2.24) is 4.98 Å². The Kier molecular flexibility index (Phi) is 5.66. The standard InChI is InChI=1S/C17H18ClN3O5/c1-10-7-15(19-9-13(10)21(23)24)25-14-6-5-11(8-12(14)18)20-16(22)26-17(2,3)4/h5-9H,1-4H3,(H,20,22). The highest BCUT2D eigenvalue weighted by molar-refractivity contribution is 6.32. The van der Waals surface area contributed by atoms with Gasteiger partial charge in [0.1, 0.15) is 17.5 Å². The Hall–Kier alpha value is -2.87. The van der Waals surface area contributed by atoms with Crippen LogP contribution in [0, 0.1) is 17.0 Å². The summed E-state index contributed by atoms with van der Waals surface area (Å²) in [6.45, 7) is 6.86. The molecule has 9 heteroatoms. The van der Waals surface area contributed by atoms with Crippen molar-refractivity contribution < 1.29 is 19.2 Å². The minimum atomic E-state index is -0.615. The SMILES string of the molecule is Cc1cc(Oc2ccc(NC(=O)OC(C)(C)C)cc2Cl)ncc1[N+](=O)[O-]. The molecule has 0 atom stereocenters. The van der Waals surface area contributed by atoms with E-state index in [0.717, 1.165) is 6.20 Å². The van der Waals surface area contributed by atoms with Gasteiger partial charge in [-0.3, -0.25) is 15.4 Å². The Morgan fingerprint density at radius 2 is 2.00 bits per heavy atom. The van der Waals surface area contributed by atoms with Crippen molar-refractivity contribution in [3.8, 4) is 11.6 Å². The summed E-state index contributed by atoms with van der Waals surface area (Å²) in [5, 5.41) is 13.6. The first kappa shape index (κ1) is 19.5. The number of hydrogen-bond acceptors (Lipinski definition) is 6. The van der Waals surface area contributed by atoms with Crippen LogP contribution in [-0.4, -0.2) is 21.6 Å². The second-order valence-electron chi connectivity index (χ2n) is 6.44. The largest absolute Gasteiger partial charge is 0.444 e. The number of amides is 1. The molecule has 0 aliphatic carbocycles. The Labute approximate surface area is 155 Å². The second kappa shape index (κ2) is 7.57. The fraction of sp³-hybridized carbons (Fsp3) is 0.294. The van der Waals surface area contributed by atoms with E-state index < -0.39 is 16.6 Å². The monoisotopic (exact) mass is 379 g/mol. The second-order valence-corrected chi connectivity index (χ2v) is 6.85. The number of rotatable bonds is 4. The van der Waals surface area contributed by atoms with E-state index in [-0.39, 0.29) is 16.6 Å². The molecule has 0 saturated carbocycles. The molecule has 26 heavy (non-hydrogen) atoms. The highest BCUT2D eigenvalue weighted by Crippen LogP contribution is 2.32. The molecule has 0 aliphatic rings. The molecule has 0 spiro atoms. The van der Waals surface area contributed by atoms with Crippen LogP contribution in [-0.2, 0) is 4.74 Å². The quantitative estimate of drug-likeness (QED) is 0.586. The number of nitro groups is 1. The van der Waals surface area contributed by atoms with E-state index in [0.29, 0.717) is 17.0 Å². The number of carbonyl (C=O) groups is 1. The molecule has 0 bridgehead atoms. The van der Waals surface area contributed by atoms with Crippen molar-refractivity contribution in [3.63, 3.8) is 0 Å². The minimum Gasteiger partial charge on any atom is -0.444 e. The number of ether oxygens (including phenoxy) is 2. The molecule has 8 nitrogen and oxygen atoms in total. The summed E-state index contributed by atoms with van der Waals surface area (Å²) in [7, 11) is 0. The van der Waals surface area contributed by atoms with Gasteiger partial charge in [-0.05, 0) is 45.9 Å². The van der Waals surface area contributed by atoms with Crippen LogP contribution in [0.2, 0.25) is 5.02 Å². The Balaban J connectivity index is 2.11. The highest BCUT2D eigenvalue weighted by atomic mass is 35.5. The predicted molar refractivity (Wildman–Crippen MR) is 97.0 cm³/mol. The fourth-order valence-corrected chi connectivity index (χ4v) is 2.18. The van der Waals surface area contributed by atoms with E-state index in [1.807, 2.05) is 0 Å². The number of benzene rings is 1. The molecule has 138 valence electrons. The van der Waals surface area contributed by atoms with Crippen molar-refractivity contribution in [2.24, 2.45) is 0 Å². The average molecular weight is 380 g/mol. The molecule has 2 rings (SSSR count). The number of hydrogen-bond donors (Lipinski definition) is 1. The minimum absolute atomic E-state index is 0.0969. The van der Waals surface area contributed by atoms with Gasteiger partial charge in [-0.25, -0.2) is 9.78 Å². The maximum absolute atomic E-state index is 11.8. The van der Waals surface area contributed by atoms with Gasteiger partial charge < -0.3 is 9.47 Å². The highest BCUT2D eigenvalue weighted by Gasteiger charge is 2.17. The first-order valence-electron chi connectivity index (χ1n) is 7.63. The van der Waals surface area contributed by atoms with Crippen molar-refractivity contribution in [2.45, 2.75) is 33.3 Å². The molecule has 1 aromatic heterocycles. The number of aromatic nitrogens is 1. The number of nitrogens with zero attached hydrogens (tertiary/aromatic N) is 2. The normalized spacial score (nSPS) is 11.0. The summed E-state index contributed by atoms with van der Waals surface area (Å²) in [6, 6.07) is 6.08. The topological polar surface area (TPSA) is 104 Å². The maximum Gasteiger partial charge on any atom is 0.412 e. The molecular formula is C17H18ClN3O5. The van der Waals surface area contributed by atoms with Crippen LogP contribution in [0.25, 0.3) is 0 Å². The van der Waals surface area contributed by atoms with E-state index in [9.17, 15) is 14.9 Å². The van der Waals surface area contributed by atoms with Gasteiger partial charge in [0.2, 0.25) is 5.88 Å². The smallest absolute Gasteiger partial charge is 0.412 e. The van der Waals surface area contributed by atoms with Crippen molar-refractivity contribution in [3.05, 3.63) is 51.2 Å². The molecular weight excluding hydrogens is 362 g/mol. The summed E-state index contributed by atoms with van der Waals surface area (Å²) < 4.78 is 10.7. The van der Waals surface area contributed by atoms with E-state index >= 15 is 0 Å². The van der Waals surface area contributed by atoms with Crippen LogP contribution in [0.3, 0.4) is 0 Å². The van der Waals surface area contributed by atoms with Gasteiger partial charge in [0.05, 0.1) is 9.95 Å². The van der Waals surface area contributed by atoms with E-state index in [2.05, 4.69) is 10.3 Å². The summed E-state index contributed by atoms with van der Waals surface area (Å²) in [4.78, 5) is 26.0. The van der Waals surface area contributed by atoms with Crippen LogP contribution in [0.1, 0.15) is 26.3 Å². The van der Waals surface area contributed by atoms with Crippen molar-refractivity contribution in [1.29, 1.82) is 0 Å². The van der Waals surface area contributed by atoms with Crippen molar-refractivity contribution in [2.75, 3.05) is 5.32 Å². The molecule has 1 N–H and O–H groups in total. The van der Waals surface area contributed by atoms with Gasteiger partial charge in [-0.1, -0.05) is 11.6 Å². The van der Waals surface area contributed by atoms with Gasteiger partial charge in [0.25, 0.3) is 5.69 Å². The van der Waals surface area contributed by atoms with Crippen LogP contribution in [0.4, 0.5) is 16.2 Å². The van der Waals surface area contributed by atoms with Crippen molar-refractivity contribution >= 4 is 29.1 Å². The number of aryl methyl sites for hydroxylation is 1. The first-order valence-corrected chi connectivity index (χ1v) is 8.01. The molecule has 1 aromatic carbocycles. The summed E-state index contributed by atoms with van der Waals surface area (Å²) in [5.74, 6) is 0.463. The summed E-state index contributed by atoms with van der Waals surface area (Å²) >= 11 is 6.16. The molecule has 2 aromatic rings. The third kappa shape index (κ3) is 5.32.